The van der Waals surface area contributed by atoms with Crippen molar-refractivity contribution in [1.82, 2.24) is 0 Å². The quantitative estimate of drug-likeness (QED) is 0.739. The molecule has 2 aliphatic heterocycles. The molecule has 2 fully saturated rings. The highest BCUT2D eigenvalue weighted by molar-refractivity contribution is 8.16. The summed E-state index contributed by atoms with van der Waals surface area (Å²) in [6, 6.07) is 12.4. The summed E-state index contributed by atoms with van der Waals surface area (Å²) in [5, 5.41) is 0.0894. The maximum Gasteiger partial charge on any atom is 0.279 e. The second-order valence-corrected chi connectivity index (χ2v) is 10.1. The number of amides is 1. The van der Waals surface area contributed by atoms with Crippen LogP contribution < -0.4 is 4.90 Å². The van der Waals surface area contributed by atoms with Crippen molar-refractivity contribution in [3.8, 4) is 0 Å². The number of anilines is 1. The molecule has 9 heteroatoms. The van der Waals surface area contributed by atoms with Crippen LogP contribution in [0.3, 0.4) is 0 Å². The third-order valence-corrected chi connectivity index (χ3v) is 7.98. The van der Waals surface area contributed by atoms with Crippen LogP contribution in [0, 0.1) is 5.82 Å². The van der Waals surface area contributed by atoms with Crippen molar-refractivity contribution in [3.63, 3.8) is 0 Å². The van der Waals surface area contributed by atoms with E-state index in [1.54, 1.807) is 41.3 Å². The summed E-state index contributed by atoms with van der Waals surface area (Å²) >= 11 is 7.01. The van der Waals surface area contributed by atoms with Crippen molar-refractivity contribution >= 4 is 50.0 Å². The molecule has 2 atom stereocenters. The number of carbonyl (C=O) groups excluding carboxylic acids is 1. The van der Waals surface area contributed by atoms with Gasteiger partial charge in [0.05, 0.1) is 22.6 Å². The van der Waals surface area contributed by atoms with Gasteiger partial charge in [-0.15, -0.1) is 0 Å². The van der Waals surface area contributed by atoms with E-state index >= 15 is 0 Å². The van der Waals surface area contributed by atoms with Crippen molar-refractivity contribution in [2.75, 3.05) is 16.4 Å². The maximum atomic E-state index is 14.0. The van der Waals surface area contributed by atoms with Gasteiger partial charge in [0.1, 0.15) is 5.82 Å². The van der Waals surface area contributed by atoms with Crippen LogP contribution in [-0.4, -0.2) is 42.3 Å². The van der Waals surface area contributed by atoms with E-state index in [1.807, 2.05) is 0 Å². The number of amidine groups is 1. The first kappa shape index (κ1) is 18.5. The van der Waals surface area contributed by atoms with E-state index in [0.29, 0.717) is 16.4 Å². The number of sulfone groups is 1. The lowest BCUT2D eigenvalue weighted by Crippen LogP contribution is -2.37. The van der Waals surface area contributed by atoms with Gasteiger partial charge in [-0.3, -0.25) is 4.79 Å². The number of hydrogen-bond acceptors (Lipinski definition) is 4. The van der Waals surface area contributed by atoms with Gasteiger partial charge in [-0.1, -0.05) is 41.6 Å². The number of halogens is 2. The molecule has 0 N–H and O–H groups in total. The van der Waals surface area contributed by atoms with Gasteiger partial charge in [-0.25, -0.2) is 12.8 Å². The lowest BCUT2D eigenvalue weighted by Gasteiger charge is -2.24. The molecule has 2 aromatic rings. The predicted octanol–water partition coefficient (Wildman–Crippen LogP) is 3.39. The largest absolute Gasteiger partial charge is 0.315 e. The molecule has 0 saturated carbocycles. The van der Waals surface area contributed by atoms with Gasteiger partial charge in [0.25, 0.3) is 5.91 Å². The molecule has 27 heavy (non-hydrogen) atoms. The van der Waals surface area contributed by atoms with Gasteiger partial charge in [-0.05, 0) is 30.3 Å². The van der Waals surface area contributed by atoms with Crippen LogP contribution in [0.15, 0.2) is 53.5 Å². The second-order valence-electron chi connectivity index (χ2n) is 6.33. The third kappa shape index (κ3) is 3.61. The summed E-state index contributed by atoms with van der Waals surface area (Å²) in [5.74, 6) is -1.10. The molecule has 4 rings (SSSR count). The minimum absolute atomic E-state index is 0.00739. The number of thioether (sulfide) groups is 1. The van der Waals surface area contributed by atoms with E-state index < -0.39 is 27.6 Å². The molecular weight excluding hydrogens is 411 g/mol. The smallest absolute Gasteiger partial charge is 0.279 e. The number of rotatable bonds is 2. The van der Waals surface area contributed by atoms with E-state index in [2.05, 4.69) is 4.99 Å². The zero-order valence-corrected chi connectivity index (χ0v) is 16.3. The normalized spacial score (nSPS) is 25.0. The molecule has 0 aromatic heterocycles. The van der Waals surface area contributed by atoms with Crippen molar-refractivity contribution in [2.45, 2.75) is 11.3 Å². The van der Waals surface area contributed by atoms with E-state index in [0.717, 1.165) is 0 Å². The Labute approximate surface area is 165 Å². The lowest BCUT2D eigenvalue weighted by molar-refractivity contribution is 0.100. The van der Waals surface area contributed by atoms with E-state index in [4.69, 9.17) is 11.6 Å². The van der Waals surface area contributed by atoms with Crippen LogP contribution in [0.1, 0.15) is 10.4 Å². The van der Waals surface area contributed by atoms with Gasteiger partial charge in [0, 0.05) is 16.5 Å². The molecule has 0 radical (unpaired) electrons. The highest BCUT2D eigenvalue weighted by atomic mass is 35.5. The van der Waals surface area contributed by atoms with Crippen LogP contribution in [-0.2, 0) is 9.84 Å². The first-order chi connectivity index (χ1) is 12.8. The predicted molar refractivity (Wildman–Crippen MR) is 106 cm³/mol. The first-order valence-corrected chi connectivity index (χ1v) is 11.2. The van der Waals surface area contributed by atoms with E-state index in [9.17, 15) is 17.6 Å². The Kier molecular flexibility index (Phi) is 4.73. The zero-order valence-electron chi connectivity index (χ0n) is 13.9. The Hall–Kier alpha value is -1.90. The molecule has 0 aliphatic carbocycles. The molecule has 2 heterocycles. The number of hydrogen-bond donors (Lipinski definition) is 0. The van der Waals surface area contributed by atoms with Crippen LogP contribution in [0.5, 0.6) is 0 Å². The Morgan fingerprint density at radius 2 is 1.93 bits per heavy atom. The van der Waals surface area contributed by atoms with Crippen molar-refractivity contribution in [2.24, 2.45) is 4.99 Å². The van der Waals surface area contributed by atoms with Crippen LogP contribution in [0.4, 0.5) is 10.1 Å². The number of aliphatic imine (C=N–C) groups is 1. The molecule has 0 bridgehead atoms. The van der Waals surface area contributed by atoms with Gasteiger partial charge < -0.3 is 4.90 Å². The highest BCUT2D eigenvalue weighted by Crippen LogP contribution is 2.41. The number of nitrogens with zero attached hydrogens (tertiary/aromatic N) is 2. The van der Waals surface area contributed by atoms with Gasteiger partial charge in [-0.2, -0.15) is 4.99 Å². The standard InChI is InChI=1S/C18H14ClFN2O3S2/c19-13-7-6-12(8-14(13)20)22-15-9-27(24,25)10-16(15)26-18(22)21-17(23)11-4-2-1-3-5-11/h1-8,15-16H,9-10H2/t15-,16-/m0/s1. The topological polar surface area (TPSA) is 66.8 Å². The minimum atomic E-state index is -3.19. The molecule has 2 aliphatic rings. The van der Waals surface area contributed by atoms with E-state index in [1.165, 1.54) is 23.9 Å². The third-order valence-electron chi connectivity index (χ3n) is 4.47. The van der Waals surface area contributed by atoms with Gasteiger partial charge in [0.15, 0.2) is 15.0 Å². The SMILES string of the molecule is O=C(N=C1S[C@H]2CS(=O)(=O)C[C@@H]2N1c1ccc(Cl)c(F)c1)c1ccccc1. The summed E-state index contributed by atoms with van der Waals surface area (Å²) < 4.78 is 38.1. The number of benzene rings is 2. The van der Waals surface area contributed by atoms with Crippen LogP contribution in [0.2, 0.25) is 5.02 Å². The Morgan fingerprint density at radius 1 is 1.19 bits per heavy atom. The average Bonchev–Trinajstić information content (AvgIpc) is 3.09. The van der Waals surface area contributed by atoms with Crippen molar-refractivity contribution < 1.29 is 17.6 Å². The molecule has 2 aromatic carbocycles. The molecular formula is C18H14ClFN2O3S2. The molecule has 2 saturated heterocycles. The maximum absolute atomic E-state index is 14.0. The molecule has 0 spiro atoms. The Balaban J connectivity index is 1.75. The fourth-order valence-electron chi connectivity index (χ4n) is 3.23. The number of fused-ring (bicyclic) bond motifs is 1. The van der Waals surface area contributed by atoms with Gasteiger partial charge in [0.2, 0.25) is 0 Å². The lowest BCUT2D eigenvalue weighted by atomic mass is 10.2. The molecule has 0 unspecified atom stereocenters. The van der Waals surface area contributed by atoms with E-state index in [-0.39, 0.29) is 21.8 Å². The summed E-state index contributed by atoms with van der Waals surface area (Å²) in [4.78, 5) is 18.3. The summed E-state index contributed by atoms with van der Waals surface area (Å²) in [5.41, 5.74) is 0.853. The minimum Gasteiger partial charge on any atom is -0.315 e. The average molecular weight is 425 g/mol. The second kappa shape index (κ2) is 6.92. The fraction of sp³-hybridized carbons (Fsp3) is 0.222. The van der Waals surface area contributed by atoms with Crippen LogP contribution in [0.25, 0.3) is 0 Å². The summed E-state index contributed by atoms with van der Waals surface area (Å²) in [7, 11) is -3.19. The molecule has 140 valence electrons. The van der Waals surface area contributed by atoms with Crippen LogP contribution >= 0.6 is 23.4 Å². The Bertz CT molecular complexity index is 1040. The molecule has 5 nitrogen and oxygen atoms in total. The summed E-state index contributed by atoms with van der Waals surface area (Å²) in [6.07, 6.45) is 0. The monoisotopic (exact) mass is 424 g/mol. The van der Waals surface area contributed by atoms with Crippen molar-refractivity contribution in [3.05, 3.63) is 64.9 Å². The number of carbonyl (C=O) groups is 1. The highest BCUT2D eigenvalue weighted by Gasteiger charge is 2.49. The molecule has 1 amide bonds. The first-order valence-electron chi connectivity index (χ1n) is 8.13. The summed E-state index contributed by atoms with van der Waals surface area (Å²) in [6.45, 7) is 0. The fourth-order valence-corrected chi connectivity index (χ4v) is 7.26. The Morgan fingerprint density at radius 3 is 2.63 bits per heavy atom. The van der Waals surface area contributed by atoms with Crippen molar-refractivity contribution in [1.29, 1.82) is 0 Å². The zero-order chi connectivity index (χ0) is 19.2. The van der Waals surface area contributed by atoms with Gasteiger partial charge >= 0.3 is 0 Å².